The molecule has 0 saturated carbocycles. The fraction of sp³-hybridized carbons (Fsp3) is 0.714. The molecule has 1 fully saturated rings. The quantitative estimate of drug-likeness (QED) is 0.607. The van der Waals surface area contributed by atoms with Gasteiger partial charge in [-0.2, -0.15) is 15.4 Å². The predicted octanol–water partition coefficient (Wildman–Crippen LogP) is 0.272. The standard InChI is InChI=1S/C7H12N4/c1-2-6(4-8-3-1)7-5-9-11-10-7/h5-6,8H,1-4H2,(H,9,10,11)/t6-/m1/s1. The Morgan fingerprint density at radius 3 is 3.18 bits per heavy atom. The van der Waals surface area contributed by atoms with E-state index in [2.05, 4.69) is 20.7 Å². The van der Waals surface area contributed by atoms with Crippen molar-refractivity contribution in [2.24, 2.45) is 0 Å². The van der Waals surface area contributed by atoms with Crippen LogP contribution in [0.25, 0.3) is 0 Å². The number of aromatic amines is 1. The van der Waals surface area contributed by atoms with Crippen molar-refractivity contribution >= 4 is 0 Å². The molecule has 1 aliphatic heterocycles. The maximum atomic E-state index is 4.06. The molecule has 2 N–H and O–H groups in total. The molecule has 4 nitrogen and oxygen atoms in total. The summed E-state index contributed by atoms with van der Waals surface area (Å²) in [5, 5.41) is 13.8. The van der Waals surface area contributed by atoms with Gasteiger partial charge in [0.05, 0.1) is 11.9 Å². The van der Waals surface area contributed by atoms with Gasteiger partial charge in [0.1, 0.15) is 0 Å². The molecule has 0 bridgehead atoms. The molecule has 1 saturated heterocycles. The molecule has 11 heavy (non-hydrogen) atoms. The molecule has 0 aromatic carbocycles. The smallest absolute Gasteiger partial charge is 0.0868 e. The number of nitrogens with one attached hydrogen (secondary N) is 2. The van der Waals surface area contributed by atoms with Crippen molar-refractivity contribution in [3.8, 4) is 0 Å². The number of piperidine rings is 1. The Bertz CT molecular complexity index is 200. The lowest BCUT2D eigenvalue weighted by molar-refractivity contribution is 0.454. The second kappa shape index (κ2) is 3.00. The minimum atomic E-state index is 0.572. The molecule has 0 unspecified atom stereocenters. The zero-order valence-electron chi connectivity index (χ0n) is 6.38. The average molecular weight is 152 g/mol. The number of rotatable bonds is 1. The third-order valence-corrected chi connectivity index (χ3v) is 2.15. The number of hydrogen-bond donors (Lipinski definition) is 2. The van der Waals surface area contributed by atoms with Crippen LogP contribution in [0, 0.1) is 0 Å². The Hall–Kier alpha value is -0.900. The van der Waals surface area contributed by atoms with E-state index in [-0.39, 0.29) is 0 Å². The van der Waals surface area contributed by atoms with Gasteiger partial charge in [0.25, 0.3) is 0 Å². The summed E-state index contributed by atoms with van der Waals surface area (Å²) in [4.78, 5) is 0. The molecule has 1 aliphatic rings. The van der Waals surface area contributed by atoms with Gasteiger partial charge >= 0.3 is 0 Å². The van der Waals surface area contributed by atoms with E-state index in [1.165, 1.54) is 12.8 Å². The van der Waals surface area contributed by atoms with Crippen LogP contribution in [-0.4, -0.2) is 28.5 Å². The zero-order valence-corrected chi connectivity index (χ0v) is 6.38. The van der Waals surface area contributed by atoms with E-state index in [0.717, 1.165) is 18.8 Å². The summed E-state index contributed by atoms with van der Waals surface area (Å²) in [7, 11) is 0. The van der Waals surface area contributed by atoms with Crippen LogP contribution >= 0.6 is 0 Å². The van der Waals surface area contributed by atoms with Crippen molar-refractivity contribution in [1.82, 2.24) is 20.7 Å². The molecule has 0 radical (unpaired) electrons. The fourth-order valence-corrected chi connectivity index (χ4v) is 1.51. The zero-order chi connectivity index (χ0) is 7.52. The highest BCUT2D eigenvalue weighted by Gasteiger charge is 2.16. The summed E-state index contributed by atoms with van der Waals surface area (Å²) in [5.74, 6) is 0.572. The second-order valence-electron chi connectivity index (χ2n) is 2.94. The molecular weight excluding hydrogens is 140 g/mol. The first-order chi connectivity index (χ1) is 5.47. The lowest BCUT2D eigenvalue weighted by Crippen LogP contribution is -2.28. The van der Waals surface area contributed by atoms with Gasteiger partial charge in [-0.3, -0.25) is 0 Å². The molecule has 2 heterocycles. The second-order valence-corrected chi connectivity index (χ2v) is 2.94. The van der Waals surface area contributed by atoms with Gasteiger partial charge in [-0.1, -0.05) is 0 Å². The highest BCUT2D eigenvalue weighted by Crippen LogP contribution is 2.19. The molecule has 4 heteroatoms. The van der Waals surface area contributed by atoms with Gasteiger partial charge in [0.15, 0.2) is 0 Å². The number of nitrogens with zero attached hydrogens (tertiary/aromatic N) is 2. The van der Waals surface area contributed by atoms with Crippen LogP contribution in [0.4, 0.5) is 0 Å². The van der Waals surface area contributed by atoms with E-state index in [4.69, 9.17) is 0 Å². The Balaban J connectivity index is 2.04. The van der Waals surface area contributed by atoms with Gasteiger partial charge in [0.2, 0.25) is 0 Å². The third-order valence-electron chi connectivity index (χ3n) is 2.15. The maximum Gasteiger partial charge on any atom is 0.0868 e. The minimum Gasteiger partial charge on any atom is -0.316 e. The van der Waals surface area contributed by atoms with Crippen molar-refractivity contribution in [3.05, 3.63) is 11.9 Å². The Kier molecular flexibility index (Phi) is 1.85. The molecule has 1 atom stereocenters. The monoisotopic (exact) mass is 152 g/mol. The van der Waals surface area contributed by atoms with Crippen LogP contribution < -0.4 is 5.32 Å². The first kappa shape index (κ1) is 6.79. The lowest BCUT2D eigenvalue weighted by Gasteiger charge is -2.20. The number of hydrogen-bond acceptors (Lipinski definition) is 3. The fourth-order valence-electron chi connectivity index (χ4n) is 1.51. The summed E-state index contributed by atoms with van der Waals surface area (Å²) in [5.41, 5.74) is 1.09. The predicted molar refractivity (Wildman–Crippen MR) is 41.2 cm³/mol. The third kappa shape index (κ3) is 1.40. The summed E-state index contributed by atoms with van der Waals surface area (Å²) >= 11 is 0. The van der Waals surface area contributed by atoms with Gasteiger partial charge in [-0.15, -0.1) is 0 Å². The molecule has 1 aromatic heterocycles. The summed E-state index contributed by atoms with van der Waals surface area (Å²) in [6.07, 6.45) is 4.30. The maximum absolute atomic E-state index is 4.06. The van der Waals surface area contributed by atoms with E-state index < -0.39 is 0 Å². The van der Waals surface area contributed by atoms with Crippen LogP contribution in [0.5, 0.6) is 0 Å². The molecule has 0 amide bonds. The van der Waals surface area contributed by atoms with E-state index in [1.54, 1.807) is 0 Å². The summed E-state index contributed by atoms with van der Waals surface area (Å²) in [6, 6.07) is 0. The van der Waals surface area contributed by atoms with Crippen LogP contribution in [0.1, 0.15) is 24.5 Å². The largest absolute Gasteiger partial charge is 0.316 e. The van der Waals surface area contributed by atoms with Gasteiger partial charge < -0.3 is 5.32 Å². The first-order valence-electron chi connectivity index (χ1n) is 4.03. The minimum absolute atomic E-state index is 0.572. The average Bonchev–Trinajstić information content (AvgIpc) is 2.58. The number of H-pyrrole nitrogens is 1. The molecule has 0 aliphatic carbocycles. The van der Waals surface area contributed by atoms with Crippen molar-refractivity contribution < 1.29 is 0 Å². The number of aromatic nitrogens is 3. The Labute approximate surface area is 65.4 Å². The van der Waals surface area contributed by atoms with Crippen LogP contribution in [-0.2, 0) is 0 Å². The Morgan fingerprint density at radius 2 is 2.55 bits per heavy atom. The lowest BCUT2D eigenvalue weighted by atomic mass is 9.97. The molecule has 60 valence electrons. The highest BCUT2D eigenvalue weighted by atomic mass is 15.3. The molecule has 1 aromatic rings. The normalized spacial score (nSPS) is 25.3. The molecule has 0 spiro atoms. The highest BCUT2D eigenvalue weighted by molar-refractivity contribution is 5.02. The van der Waals surface area contributed by atoms with E-state index in [9.17, 15) is 0 Å². The van der Waals surface area contributed by atoms with Crippen molar-refractivity contribution in [2.75, 3.05) is 13.1 Å². The summed E-state index contributed by atoms with van der Waals surface area (Å²) in [6.45, 7) is 2.20. The van der Waals surface area contributed by atoms with E-state index >= 15 is 0 Å². The van der Waals surface area contributed by atoms with Crippen molar-refractivity contribution in [2.45, 2.75) is 18.8 Å². The van der Waals surface area contributed by atoms with Gasteiger partial charge in [-0.05, 0) is 19.4 Å². The summed E-state index contributed by atoms with van der Waals surface area (Å²) < 4.78 is 0. The first-order valence-corrected chi connectivity index (χ1v) is 4.03. The topological polar surface area (TPSA) is 53.6 Å². The van der Waals surface area contributed by atoms with Gasteiger partial charge in [-0.25, -0.2) is 0 Å². The Morgan fingerprint density at radius 1 is 1.55 bits per heavy atom. The SMILES string of the molecule is c1n[nH]nc1[C@@H]1CCCNC1. The van der Waals surface area contributed by atoms with Gasteiger partial charge in [0, 0.05) is 12.5 Å². The van der Waals surface area contributed by atoms with Crippen molar-refractivity contribution in [1.29, 1.82) is 0 Å². The van der Waals surface area contributed by atoms with Crippen LogP contribution in [0.3, 0.4) is 0 Å². The van der Waals surface area contributed by atoms with Crippen LogP contribution in [0.15, 0.2) is 6.20 Å². The molecular formula is C7H12N4. The van der Waals surface area contributed by atoms with Crippen LogP contribution in [0.2, 0.25) is 0 Å². The van der Waals surface area contributed by atoms with Crippen molar-refractivity contribution in [3.63, 3.8) is 0 Å². The molecule has 2 rings (SSSR count). The van der Waals surface area contributed by atoms with E-state index in [0.29, 0.717) is 5.92 Å². The van der Waals surface area contributed by atoms with E-state index in [1.807, 2.05) is 6.20 Å².